The van der Waals surface area contributed by atoms with Crippen molar-refractivity contribution < 1.29 is 5.11 Å². The van der Waals surface area contributed by atoms with Crippen molar-refractivity contribution in [1.29, 1.82) is 0 Å². The highest BCUT2D eigenvalue weighted by molar-refractivity contribution is 4.88. The molecule has 0 amide bonds. The minimum absolute atomic E-state index is 0.775. The molecule has 0 spiro atoms. The maximum Gasteiger partial charge on any atom is 0.139 e. The van der Waals surface area contributed by atoms with E-state index < -0.39 is 0 Å². The van der Waals surface area contributed by atoms with Crippen LogP contribution in [-0.2, 0) is 5.11 Å². The van der Waals surface area contributed by atoms with E-state index in [4.69, 9.17) is 0 Å². The highest BCUT2D eigenvalue weighted by Crippen LogP contribution is 1.86. The van der Waals surface area contributed by atoms with E-state index in [0.717, 1.165) is 19.1 Å². The molecule has 0 aromatic carbocycles. The molecule has 0 unspecified atom stereocenters. The summed E-state index contributed by atoms with van der Waals surface area (Å²) < 4.78 is 0. The van der Waals surface area contributed by atoms with E-state index >= 15 is 0 Å². The molecule has 0 N–H and O–H groups in total. The molecule has 0 atom stereocenters. The predicted molar refractivity (Wildman–Crippen MR) is 33.9 cm³/mol. The number of rotatable bonds is 3. The molecule has 8 heavy (non-hydrogen) atoms. The zero-order valence-electron chi connectivity index (χ0n) is 5.13. The zero-order valence-corrected chi connectivity index (χ0v) is 5.13. The first-order valence-electron chi connectivity index (χ1n) is 2.83. The number of hydrogen-bond acceptors (Lipinski definition) is 0. The van der Waals surface area contributed by atoms with E-state index in [1.165, 1.54) is 0 Å². The fourth-order valence-corrected chi connectivity index (χ4v) is 0.397. The second-order valence-corrected chi connectivity index (χ2v) is 1.49. The van der Waals surface area contributed by atoms with E-state index in [1.54, 1.807) is 6.08 Å². The Morgan fingerprint density at radius 1 is 1.25 bits per heavy atom. The maximum atomic E-state index is 9.68. The van der Waals surface area contributed by atoms with Gasteiger partial charge >= 0.3 is 0 Å². The van der Waals surface area contributed by atoms with E-state index in [0.29, 0.717) is 0 Å². The van der Waals surface area contributed by atoms with Gasteiger partial charge < -0.3 is 0 Å². The molecule has 0 aliphatic heterocycles. The van der Waals surface area contributed by atoms with Gasteiger partial charge in [-0.05, 0) is 18.9 Å². The summed E-state index contributed by atoms with van der Waals surface area (Å²) in [7, 11) is 0. The molecule has 0 bridgehead atoms. The van der Waals surface area contributed by atoms with Crippen LogP contribution in [0.3, 0.4) is 0 Å². The summed E-state index contributed by atoms with van der Waals surface area (Å²) in [6.07, 6.45) is 8.25. The molecule has 0 saturated carbocycles. The largest absolute Gasteiger partial charge is 0.299 e. The van der Waals surface area contributed by atoms with E-state index in [9.17, 15) is 5.11 Å². The summed E-state index contributed by atoms with van der Waals surface area (Å²) in [5.41, 5.74) is 0. The lowest BCUT2D eigenvalue weighted by molar-refractivity contribution is 0.350. The fraction of sp³-hybridized carbons (Fsp3) is 0.429. The van der Waals surface area contributed by atoms with Crippen molar-refractivity contribution in [2.45, 2.75) is 19.8 Å². The normalized spacial score (nSPS) is 11.6. The van der Waals surface area contributed by atoms with Crippen LogP contribution >= 0.6 is 0 Å². The first kappa shape index (κ1) is 7.28. The molecule has 0 saturated heterocycles. The van der Waals surface area contributed by atoms with Gasteiger partial charge in [0.25, 0.3) is 0 Å². The highest BCUT2D eigenvalue weighted by Gasteiger charge is 1.67. The maximum absolute atomic E-state index is 9.68. The molecule has 0 aliphatic carbocycles. The van der Waals surface area contributed by atoms with Crippen LogP contribution in [0.5, 0.6) is 0 Å². The van der Waals surface area contributed by atoms with Gasteiger partial charge in [-0.2, -0.15) is 0 Å². The smallest absolute Gasteiger partial charge is 0.139 e. The number of hydrogen-bond donors (Lipinski definition) is 0. The number of allylic oxidation sites excluding steroid dienone is 3. The first-order valence-corrected chi connectivity index (χ1v) is 2.83. The summed E-state index contributed by atoms with van der Waals surface area (Å²) in [4.78, 5) is 0. The lowest BCUT2D eigenvalue weighted by Gasteiger charge is -1.75. The predicted octanol–water partition coefficient (Wildman–Crippen LogP) is 2.29. The van der Waals surface area contributed by atoms with Crippen LogP contribution in [0.15, 0.2) is 24.5 Å². The standard InChI is InChI=1S/C7H11O/c1-2-3-4-5-6-7-8/h3-4,6-7H,2,5H2,1H3/b4-3+,7-6+. The molecule has 0 rings (SSSR count). The van der Waals surface area contributed by atoms with Crippen molar-refractivity contribution in [3.05, 3.63) is 24.5 Å². The van der Waals surface area contributed by atoms with Crippen molar-refractivity contribution in [3.8, 4) is 0 Å². The minimum Gasteiger partial charge on any atom is -0.299 e. The molecule has 0 heterocycles. The summed E-state index contributed by atoms with van der Waals surface area (Å²) in [5.74, 6) is 0. The van der Waals surface area contributed by atoms with Crippen molar-refractivity contribution in [2.24, 2.45) is 0 Å². The van der Waals surface area contributed by atoms with Crippen molar-refractivity contribution in [3.63, 3.8) is 0 Å². The molecule has 1 radical (unpaired) electrons. The van der Waals surface area contributed by atoms with Crippen molar-refractivity contribution >= 4 is 0 Å². The zero-order chi connectivity index (χ0) is 6.24. The molecule has 0 fully saturated rings. The third-order valence-corrected chi connectivity index (χ3v) is 0.771. The lowest BCUT2D eigenvalue weighted by atomic mass is 10.3. The van der Waals surface area contributed by atoms with Crippen molar-refractivity contribution in [1.82, 2.24) is 0 Å². The summed E-state index contributed by atoms with van der Waals surface area (Å²) >= 11 is 0. The Kier molecular flexibility index (Phi) is 5.71. The molecule has 1 nitrogen and oxygen atoms in total. The lowest BCUT2D eigenvalue weighted by Crippen LogP contribution is -1.56. The summed E-state index contributed by atoms with van der Waals surface area (Å²) in [6.45, 7) is 2.07. The van der Waals surface area contributed by atoms with E-state index in [1.807, 2.05) is 12.2 Å². The van der Waals surface area contributed by atoms with Gasteiger partial charge in [0, 0.05) is 0 Å². The van der Waals surface area contributed by atoms with E-state index in [2.05, 4.69) is 6.92 Å². The van der Waals surface area contributed by atoms with Gasteiger partial charge in [0.15, 0.2) is 0 Å². The van der Waals surface area contributed by atoms with Gasteiger partial charge in [0.2, 0.25) is 0 Å². The van der Waals surface area contributed by atoms with Gasteiger partial charge in [-0.1, -0.05) is 19.1 Å². The van der Waals surface area contributed by atoms with Crippen LogP contribution in [-0.4, -0.2) is 0 Å². The topological polar surface area (TPSA) is 19.9 Å². The minimum atomic E-state index is 0.775. The Morgan fingerprint density at radius 3 is 2.50 bits per heavy atom. The average molecular weight is 111 g/mol. The van der Waals surface area contributed by atoms with Gasteiger partial charge in [0.1, 0.15) is 6.26 Å². The van der Waals surface area contributed by atoms with Crippen LogP contribution in [0.25, 0.3) is 0 Å². The van der Waals surface area contributed by atoms with E-state index in [-0.39, 0.29) is 0 Å². The van der Waals surface area contributed by atoms with Gasteiger partial charge in [-0.3, -0.25) is 5.11 Å². The Labute approximate surface area is 50.3 Å². The van der Waals surface area contributed by atoms with Crippen LogP contribution < -0.4 is 0 Å². The van der Waals surface area contributed by atoms with Crippen molar-refractivity contribution in [2.75, 3.05) is 0 Å². The first-order chi connectivity index (χ1) is 3.91. The molecule has 0 aliphatic rings. The van der Waals surface area contributed by atoms with Crippen LogP contribution in [0.1, 0.15) is 19.8 Å². The molecule has 0 aromatic heterocycles. The second kappa shape index (κ2) is 6.28. The Morgan fingerprint density at radius 2 is 2.00 bits per heavy atom. The summed E-state index contributed by atoms with van der Waals surface area (Å²) in [6, 6.07) is 0. The van der Waals surface area contributed by atoms with Crippen LogP contribution in [0.2, 0.25) is 0 Å². The Hall–Kier alpha value is -0.720. The molecule has 0 aromatic rings. The molecule has 1 heteroatoms. The van der Waals surface area contributed by atoms with Gasteiger partial charge in [-0.15, -0.1) is 0 Å². The monoisotopic (exact) mass is 111 g/mol. The summed E-state index contributed by atoms with van der Waals surface area (Å²) in [5, 5.41) is 9.68. The van der Waals surface area contributed by atoms with Crippen LogP contribution in [0.4, 0.5) is 0 Å². The third-order valence-electron chi connectivity index (χ3n) is 0.771. The molecular weight excluding hydrogens is 100 g/mol. The molecular formula is C7H11O. The van der Waals surface area contributed by atoms with Gasteiger partial charge in [-0.25, -0.2) is 0 Å². The third kappa shape index (κ3) is 5.28. The fourth-order valence-electron chi connectivity index (χ4n) is 0.397. The SMILES string of the molecule is CC/C=C/C/C=C/[O]. The molecule has 45 valence electrons. The Bertz CT molecular complexity index is 82.4. The quantitative estimate of drug-likeness (QED) is 0.393. The van der Waals surface area contributed by atoms with Crippen LogP contribution in [0, 0.1) is 0 Å². The highest BCUT2D eigenvalue weighted by atomic mass is 16.2. The average Bonchev–Trinajstić information content (AvgIpc) is 1.81. The van der Waals surface area contributed by atoms with Gasteiger partial charge in [0.05, 0.1) is 0 Å². The Balaban J connectivity index is 3.03. The second-order valence-electron chi connectivity index (χ2n) is 1.49.